The summed E-state index contributed by atoms with van der Waals surface area (Å²) < 4.78 is 67.7. The van der Waals surface area contributed by atoms with Gasteiger partial charge in [-0.05, 0) is 31.6 Å². The van der Waals surface area contributed by atoms with Gasteiger partial charge in [0.1, 0.15) is 19.3 Å². The van der Waals surface area contributed by atoms with Crippen LogP contribution in [0.25, 0.3) is 0 Å². The first-order valence-electron chi connectivity index (χ1n) is 32.6. The summed E-state index contributed by atoms with van der Waals surface area (Å²) in [5.74, 6) is -1.42. The third-order valence-electron chi connectivity index (χ3n) is 14.3. The topological polar surface area (TPSA) is 237 Å². The van der Waals surface area contributed by atoms with Crippen molar-refractivity contribution in [1.29, 1.82) is 0 Å². The first-order chi connectivity index (χ1) is 39.0. The first kappa shape index (κ1) is 79.1. The zero-order chi connectivity index (χ0) is 59.9. The predicted octanol–water partition coefficient (Wildman–Crippen LogP) is 17.0. The zero-order valence-electron chi connectivity index (χ0n) is 51.9. The van der Waals surface area contributed by atoms with Gasteiger partial charge in [-0.3, -0.25) is 37.3 Å². The van der Waals surface area contributed by atoms with Crippen LogP contribution in [0.2, 0.25) is 0 Å². The van der Waals surface area contributed by atoms with Crippen LogP contribution in [0.3, 0.4) is 0 Å². The molecule has 3 N–H and O–H groups in total. The van der Waals surface area contributed by atoms with Crippen molar-refractivity contribution in [3.63, 3.8) is 0 Å². The number of hydrogen-bond donors (Lipinski definition) is 3. The van der Waals surface area contributed by atoms with Gasteiger partial charge in [0.05, 0.1) is 26.4 Å². The third-order valence-corrected chi connectivity index (χ3v) is 16.2. The summed E-state index contributed by atoms with van der Waals surface area (Å²) in [7, 11) is -9.87. The SMILES string of the molecule is CCCCCCCCCCCCCCCCC(=O)O[C@H](COC(=O)CCCCCCCCCCC(C)C)COP(=O)(O)OC[C@@H](O)COP(=O)(O)OC[C@@H](COC(=O)CCCCCCC)OC(=O)CCCCCCCCCCCCC. The molecule has 0 aromatic carbocycles. The van der Waals surface area contributed by atoms with Gasteiger partial charge in [-0.25, -0.2) is 9.13 Å². The lowest BCUT2D eigenvalue weighted by Gasteiger charge is -2.21. The molecule has 0 aliphatic heterocycles. The highest BCUT2D eigenvalue weighted by atomic mass is 31.2. The second kappa shape index (κ2) is 55.9. The molecule has 81 heavy (non-hydrogen) atoms. The van der Waals surface area contributed by atoms with Crippen molar-refractivity contribution in [2.24, 2.45) is 5.92 Å². The van der Waals surface area contributed by atoms with E-state index in [9.17, 15) is 43.2 Å². The van der Waals surface area contributed by atoms with Crippen LogP contribution in [0, 0.1) is 5.92 Å². The molecule has 0 aliphatic carbocycles. The minimum atomic E-state index is -4.94. The number of aliphatic hydroxyl groups is 1. The van der Waals surface area contributed by atoms with Gasteiger partial charge in [-0.1, -0.05) is 259 Å². The molecule has 0 aromatic rings. The number of carbonyl (C=O) groups excluding carboxylic acids is 4. The molecule has 0 bridgehead atoms. The fourth-order valence-electron chi connectivity index (χ4n) is 9.23. The molecule has 19 heteroatoms. The lowest BCUT2D eigenvalue weighted by molar-refractivity contribution is -0.161. The van der Waals surface area contributed by atoms with E-state index in [1.54, 1.807) is 0 Å². The number of phosphoric acid groups is 2. The maximum atomic E-state index is 12.9. The van der Waals surface area contributed by atoms with Gasteiger partial charge >= 0.3 is 39.5 Å². The molecule has 0 saturated heterocycles. The van der Waals surface area contributed by atoms with Gasteiger partial charge in [0.25, 0.3) is 0 Å². The number of aliphatic hydroxyl groups excluding tert-OH is 1. The van der Waals surface area contributed by atoms with Gasteiger partial charge in [0.2, 0.25) is 0 Å². The Balaban J connectivity index is 5.17. The van der Waals surface area contributed by atoms with Crippen LogP contribution in [0.5, 0.6) is 0 Å². The molecular formula is C62H120O17P2. The van der Waals surface area contributed by atoms with Crippen LogP contribution in [0.1, 0.15) is 311 Å². The van der Waals surface area contributed by atoms with Crippen molar-refractivity contribution >= 4 is 39.5 Å². The third kappa shape index (κ3) is 56.9. The van der Waals surface area contributed by atoms with Gasteiger partial charge < -0.3 is 33.8 Å². The molecule has 0 fully saturated rings. The molecule has 2 unspecified atom stereocenters. The van der Waals surface area contributed by atoms with Gasteiger partial charge in [-0.2, -0.15) is 0 Å². The summed E-state index contributed by atoms with van der Waals surface area (Å²) in [5.41, 5.74) is 0. The first-order valence-corrected chi connectivity index (χ1v) is 35.6. The Labute approximate surface area is 492 Å². The summed E-state index contributed by atoms with van der Waals surface area (Å²) in [6.45, 7) is 7.06. The minimum Gasteiger partial charge on any atom is -0.462 e. The monoisotopic (exact) mass is 1200 g/mol. The van der Waals surface area contributed by atoms with E-state index in [-0.39, 0.29) is 25.7 Å². The molecule has 0 saturated carbocycles. The zero-order valence-corrected chi connectivity index (χ0v) is 53.7. The molecule has 17 nitrogen and oxygen atoms in total. The second-order valence-corrected chi connectivity index (χ2v) is 25.8. The number of ether oxygens (including phenoxy) is 4. The number of carbonyl (C=O) groups is 4. The second-order valence-electron chi connectivity index (χ2n) is 22.9. The Morgan fingerprint density at radius 2 is 0.568 bits per heavy atom. The van der Waals surface area contributed by atoms with Gasteiger partial charge in [0.15, 0.2) is 12.2 Å². The molecule has 0 aliphatic rings. The molecular weight excluding hydrogens is 1080 g/mol. The number of unbranched alkanes of at least 4 members (excludes halogenated alkanes) is 34. The van der Waals surface area contributed by atoms with E-state index >= 15 is 0 Å². The fourth-order valence-corrected chi connectivity index (χ4v) is 10.8. The predicted molar refractivity (Wildman–Crippen MR) is 322 cm³/mol. The van der Waals surface area contributed by atoms with Crippen molar-refractivity contribution in [3.05, 3.63) is 0 Å². The number of hydrogen-bond acceptors (Lipinski definition) is 15. The van der Waals surface area contributed by atoms with Crippen LogP contribution in [-0.2, 0) is 65.4 Å². The van der Waals surface area contributed by atoms with Gasteiger partial charge in [-0.15, -0.1) is 0 Å². The summed E-state index contributed by atoms with van der Waals surface area (Å²) in [4.78, 5) is 71.9. The largest absolute Gasteiger partial charge is 0.472 e. The van der Waals surface area contributed by atoms with Crippen LogP contribution >= 0.6 is 15.6 Å². The maximum Gasteiger partial charge on any atom is 0.472 e. The fraction of sp³-hybridized carbons (Fsp3) is 0.935. The van der Waals surface area contributed by atoms with Crippen LogP contribution in [0.4, 0.5) is 0 Å². The molecule has 0 aromatic heterocycles. The molecule has 5 atom stereocenters. The highest BCUT2D eigenvalue weighted by Crippen LogP contribution is 2.45. The average Bonchev–Trinajstić information content (AvgIpc) is 3.43. The lowest BCUT2D eigenvalue weighted by Crippen LogP contribution is -2.30. The van der Waals surface area contributed by atoms with Crippen molar-refractivity contribution < 1.29 is 80.2 Å². The standard InChI is InChI=1S/C62H120O17P2/c1-6-9-12-15-17-19-21-22-23-25-27-33-38-43-48-62(67)79-58(52-73-60(65)46-41-36-31-29-28-30-35-39-44-55(4)5)54-77-81(70,71)75-50-56(63)49-74-80(68,69)76-53-57(51-72-59(64)45-40-34-14-11-8-3)78-61(66)47-42-37-32-26-24-20-18-16-13-10-7-2/h55-58,63H,6-54H2,1-5H3,(H,68,69)(H,70,71)/t56-,57+,58+/m0/s1. The normalized spacial score (nSPS) is 14.3. The summed E-state index contributed by atoms with van der Waals surface area (Å²) in [5, 5.41) is 10.5. The van der Waals surface area contributed by atoms with Crippen molar-refractivity contribution in [2.75, 3.05) is 39.6 Å². The number of esters is 4. The van der Waals surface area contributed by atoms with Crippen molar-refractivity contribution in [2.45, 2.75) is 329 Å². The maximum absolute atomic E-state index is 12.9. The Kier molecular flexibility index (Phi) is 54.6. The van der Waals surface area contributed by atoms with E-state index < -0.39 is 97.5 Å². The van der Waals surface area contributed by atoms with E-state index in [0.29, 0.717) is 25.7 Å². The summed E-state index contributed by atoms with van der Waals surface area (Å²) in [6.07, 6.45) is 39.2. The van der Waals surface area contributed by atoms with Crippen LogP contribution in [-0.4, -0.2) is 96.7 Å². The molecule has 0 spiro atoms. The van der Waals surface area contributed by atoms with E-state index in [4.69, 9.17) is 37.0 Å². The van der Waals surface area contributed by atoms with Crippen molar-refractivity contribution in [1.82, 2.24) is 0 Å². The van der Waals surface area contributed by atoms with E-state index in [1.165, 1.54) is 128 Å². The lowest BCUT2D eigenvalue weighted by atomic mass is 10.0. The van der Waals surface area contributed by atoms with E-state index in [0.717, 1.165) is 102 Å². The Bertz CT molecular complexity index is 1580. The molecule has 0 radical (unpaired) electrons. The van der Waals surface area contributed by atoms with E-state index in [1.807, 2.05) is 0 Å². The number of phosphoric ester groups is 2. The average molecular weight is 1200 g/mol. The Morgan fingerprint density at radius 1 is 0.333 bits per heavy atom. The summed E-state index contributed by atoms with van der Waals surface area (Å²) >= 11 is 0. The highest BCUT2D eigenvalue weighted by molar-refractivity contribution is 7.47. The minimum absolute atomic E-state index is 0.106. The molecule has 0 rings (SSSR count). The summed E-state index contributed by atoms with van der Waals surface area (Å²) in [6, 6.07) is 0. The quantitative estimate of drug-likeness (QED) is 0.0222. The van der Waals surface area contributed by atoms with Crippen LogP contribution in [0.15, 0.2) is 0 Å². The molecule has 480 valence electrons. The van der Waals surface area contributed by atoms with E-state index in [2.05, 4.69) is 34.6 Å². The van der Waals surface area contributed by atoms with Crippen LogP contribution < -0.4 is 0 Å². The number of rotatable bonds is 62. The highest BCUT2D eigenvalue weighted by Gasteiger charge is 2.30. The Hall–Kier alpha value is -1.94. The van der Waals surface area contributed by atoms with Gasteiger partial charge in [0, 0.05) is 25.7 Å². The Morgan fingerprint density at radius 3 is 0.840 bits per heavy atom. The van der Waals surface area contributed by atoms with Crippen molar-refractivity contribution in [3.8, 4) is 0 Å². The smallest absolute Gasteiger partial charge is 0.462 e. The molecule has 0 amide bonds. The molecule has 0 heterocycles.